The van der Waals surface area contributed by atoms with Crippen LogP contribution < -0.4 is 0 Å². The quantitative estimate of drug-likeness (QED) is 0.918. The van der Waals surface area contributed by atoms with Gasteiger partial charge in [-0.2, -0.15) is 18.3 Å². The first kappa shape index (κ1) is 14.4. The van der Waals surface area contributed by atoms with Crippen LogP contribution in [0.4, 0.5) is 13.2 Å². The van der Waals surface area contributed by atoms with Crippen molar-refractivity contribution in [3.8, 4) is 16.9 Å². The van der Waals surface area contributed by atoms with Crippen molar-refractivity contribution in [3.05, 3.63) is 36.2 Å². The van der Waals surface area contributed by atoms with E-state index in [0.717, 1.165) is 31.5 Å². The lowest BCUT2D eigenvalue weighted by Gasteiger charge is -2.09. The van der Waals surface area contributed by atoms with E-state index in [-0.39, 0.29) is 0 Å². The molecule has 2 aromatic rings. The molecule has 0 bridgehead atoms. The Morgan fingerprint density at radius 3 is 2.65 bits per heavy atom. The third-order valence-corrected chi connectivity index (χ3v) is 3.01. The largest absolute Gasteiger partial charge is 0.507 e. The Bertz CT molecular complexity index is 590. The molecule has 1 N–H and O–H groups in total. The molecule has 0 atom stereocenters. The number of hydrogen-bond donors (Lipinski definition) is 1. The summed E-state index contributed by atoms with van der Waals surface area (Å²) in [4.78, 5) is 0. The van der Waals surface area contributed by atoms with E-state index < -0.39 is 17.5 Å². The molecule has 2 rings (SSSR count). The molecular formula is C14H15F3N2O. The first-order valence-corrected chi connectivity index (χ1v) is 6.35. The highest BCUT2D eigenvalue weighted by atomic mass is 19.4. The number of unbranched alkanes of at least 4 members (excludes halogenated alkanes) is 1. The summed E-state index contributed by atoms with van der Waals surface area (Å²) in [6.45, 7) is 2.81. The van der Waals surface area contributed by atoms with E-state index >= 15 is 0 Å². The van der Waals surface area contributed by atoms with Crippen LogP contribution in [0.25, 0.3) is 11.1 Å². The number of aromatic nitrogens is 2. The molecule has 6 heteroatoms. The third-order valence-electron chi connectivity index (χ3n) is 3.01. The highest BCUT2D eigenvalue weighted by Crippen LogP contribution is 2.36. The third kappa shape index (κ3) is 3.12. The summed E-state index contributed by atoms with van der Waals surface area (Å²) in [5, 5.41) is 13.9. The van der Waals surface area contributed by atoms with Crippen LogP contribution in [-0.4, -0.2) is 14.9 Å². The van der Waals surface area contributed by atoms with Gasteiger partial charge in [-0.3, -0.25) is 4.68 Å². The highest BCUT2D eigenvalue weighted by molar-refractivity contribution is 5.69. The number of nitrogens with zero attached hydrogens (tertiary/aromatic N) is 2. The molecule has 1 aromatic heterocycles. The van der Waals surface area contributed by atoms with Gasteiger partial charge in [-0.15, -0.1) is 0 Å². The fraction of sp³-hybridized carbons (Fsp3) is 0.357. The van der Waals surface area contributed by atoms with Crippen LogP contribution in [0.1, 0.15) is 25.3 Å². The molecule has 1 heterocycles. The van der Waals surface area contributed by atoms with Crippen molar-refractivity contribution in [1.29, 1.82) is 0 Å². The van der Waals surface area contributed by atoms with E-state index in [4.69, 9.17) is 0 Å². The molecule has 0 radical (unpaired) electrons. The summed E-state index contributed by atoms with van der Waals surface area (Å²) < 4.78 is 39.3. The second-order valence-electron chi connectivity index (χ2n) is 4.58. The molecule has 0 fully saturated rings. The van der Waals surface area contributed by atoms with Gasteiger partial charge >= 0.3 is 6.18 Å². The van der Waals surface area contributed by atoms with Gasteiger partial charge in [0, 0.05) is 23.9 Å². The summed E-state index contributed by atoms with van der Waals surface area (Å²) in [5.74, 6) is -0.394. The van der Waals surface area contributed by atoms with Crippen molar-refractivity contribution in [1.82, 2.24) is 9.78 Å². The van der Waals surface area contributed by atoms with E-state index in [2.05, 4.69) is 12.0 Å². The van der Waals surface area contributed by atoms with Crippen molar-refractivity contribution >= 4 is 0 Å². The number of hydrogen-bond acceptors (Lipinski definition) is 2. The van der Waals surface area contributed by atoms with Gasteiger partial charge in [-0.05, 0) is 24.6 Å². The van der Waals surface area contributed by atoms with E-state index in [1.165, 1.54) is 12.3 Å². The summed E-state index contributed by atoms with van der Waals surface area (Å²) in [7, 11) is 0. The lowest BCUT2D eigenvalue weighted by atomic mass is 10.1. The predicted molar refractivity (Wildman–Crippen MR) is 69.2 cm³/mol. The maximum absolute atomic E-state index is 12.5. The molecule has 1 aromatic carbocycles. The van der Waals surface area contributed by atoms with E-state index in [9.17, 15) is 18.3 Å². The van der Waals surface area contributed by atoms with Gasteiger partial charge in [0.05, 0.1) is 11.8 Å². The zero-order valence-corrected chi connectivity index (χ0v) is 11.0. The number of benzene rings is 1. The van der Waals surface area contributed by atoms with Crippen LogP contribution in [-0.2, 0) is 12.7 Å². The summed E-state index contributed by atoms with van der Waals surface area (Å²) >= 11 is 0. The second-order valence-corrected chi connectivity index (χ2v) is 4.58. The van der Waals surface area contributed by atoms with Crippen LogP contribution in [0, 0.1) is 0 Å². The number of halogens is 3. The Kier molecular flexibility index (Phi) is 4.01. The average molecular weight is 284 g/mol. The van der Waals surface area contributed by atoms with Crippen molar-refractivity contribution in [3.63, 3.8) is 0 Å². The first-order chi connectivity index (χ1) is 9.41. The SMILES string of the molecule is CCCCn1cc(-c2ccc(C(F)(F)F)cc2O)cn1. The summed E-state index contributed by atoms with van der Waals surface area (Å²) in [5.41, 5.74) is 0.0881. The van der Waals surface area contributed by atoms with Gasteiger partial charge in [-0.1, -0.05) is 13.3 Å². The Balaban J connectivity index is 2.27. The number of alkyl halides is 3. The zero-order chi connectivity index (χ0) is 14.8. The second kappa shape index (κ2) is 5.56. The number of phenols is 1. The van der Waals surface area contributed by atoms with Crippen LogP contribution in [0.3, 0.4) is 0 Å². The van der Waals surface area contributed by atoms with Gasteiger partial charge in [-0.25, -0.2) is 0 Å². The van der Waals surface area contributed by atoms with Crippen molar-refractivity contribution in [2.45, 2.75) is 32.5 Å². The molecule has 0 unspecified atom stereocenters. The molecule has 0 saturated heterocycles. The molecule has 20 heavy (non-hydrogen) atoms. The minimum absolute atomic E-state index is 0.348. The fourth-order valence-corrected chi connectivity index (χ4v) is 1.90. The number of aromatic hydroxyl groups is 1. The van der Waals surface area contributed by atoms with E-state index in [1.807, 2.05) is 0 Å². The number of phenolic OH excluding ortho intramolecular Hbond substituents is 1. The molecule has 0 aliphatic rings. The summed E-state index contributed by atoms with van der Waals surface area (Å²) in [6.07, 6.45) is 0.804. The van der Waals surface area contributed by atoms with E-state index in [0.29, 0.717) is 11.1 Å². The topological polar surface area (TPSA) is 38.0 Å². The van der Waals surface area contributed by atoms with Crippen molar-refractivity contribution in [2.24, 2.45) is 0 Å². The number of rotatable bonds is 4. The summed E-state index contributed by atoms with van der Waals surface area (Å²) in [6, 6.07) is 2.95. The molecule has 3 nitrogen and oxygen atoms in total. The van der Waals surface area contributed by atoms with Crippen molar-refractivity contribution < 1.29 is 18.3 Å². The molecule has 0 aliphatic carbocycles. The highest BCUT2D eigenvalue weighted by Gasteiger charge is 2.31. The number of aryl methyl sites for hydroxylation is 1. The zero-order valence-electron chi connectivity index (χ0n) is 11.0. The van der Waals surface area contributed by atoms with Crippen LogP contribution in [0.2, 0.25) is 0 Å². The fourth-order valence-electron chi connectivity index (χ4n) is 1.90. The maximum atomic E-state index is 12.5. The van der Waals surface area contributed by atoms with Gasteiger partial charge in [0.15, 0.2) is 0 Å². The molecular weight excluding hydrogens is 269 g/mol. The minimum Gasteiger partial charge on any atom is -0.507 e. The molecule has 0 aliphatic heterocycles. The molecule has 0 amide bonds. The minimum atomic E-state index is -4.46. The van der Waals surface area contributed by atoms with Gasteiger partial charge in [0.1, 0.15) is 5.75 Å². The van der Waals surface area contributed by atoms with Gasteiger partial charge in [0.25, 0.3) is 0 Å². The molecule has 0 spiro atoms. The predicted octanol–water partition coefficient (Wildman–Crippen LogP) is 4.07. The Morgan fingerprint density at radius 1 is 1.30 bits per heavy atom. The average Bonchev–Trinajstić information content (AvgIpc) is 2.83. The Hall–Kier alpha value is -1.98. The standard InChI is InChI=1S/C14H15F3N2O/c1-2-3-6-19-9-10(8-18-19)12-5-4-11(7-13(12)20)14(15,16)17/h4-5,7-9,20H,2-3,6H2,1H3. The van der Waals surface area contributed by atoms with Crippen LogP contribution in [0.5, 0.6) is 5.75 Å². The van der Waals surface area contributed by atoms with Crippen LogP contribution >= 0.6 is 0 Å². The maximum Gasteiger partial charge on any atom is 0.416 e. The molecule has 0 saturated carbocycles. The molecule has 108 valence electrons. The first-order valence-electron chi connectivity index (χ1n) is 6.35. The lowest BCUT2D eigenvalue weighted by Crippen LogP contribution is -2.04. The smallest absolute Gasteiger partial charge is 0.416 e. The van der Waals surface area contributed by atoms with Gasteiger partial charge < -0.3 is 5.11 Å². The van der Waals surface area contributed by atoms with Gasteiger partial charge in [0.2, 0.25) is 0 Å². The van der Waals surface area contributed by atoms with Crippen molar-refractivity contribution in [2.75, 3.05) is 0 Å². The lowest BCUT2D eigenvalue weighted by molar-refractivity contribution is -0.137. The Morgan fingerprint density at radius 2 is 2.05 bits per heavy atom. The normalized spacial score (nSPS) is 11.8. The monoisotopic (exact) mass is 284 g/mol. The Labute approximate surface area is 114 Å². The van der Waals surface area contributed by atoms with Crippen LogP contribution in [0.15, 0.2) is 30.6 Å². The van der Waals surface area contributed by atoms with E-state index in [1.54, 1.807) is 10.9 Å².